The van der Waals surface area contributed by atoms with Crippen LogP contribution < -0.4 is 0 Å². The fourth-order valence-electron chi connectivity index (χ4n) is 0.905. The van der Waals surface area contributed by atoms with Crippen LogP contribution in [0.25, 0.3) is 0 Å². The molecule has 0 saturated heterocycles. The topological polar surface area (TPSA) is 9.23 Å². The smallest absolute Gasteiger partial charge is 0.366 e. The SMILES string of the molecule is CC(C)OC(C(C)C)C(F)(F)F. The molecule has 0 spiro atoms. The molecule has 4 heteroatoms. The fraction of sp³-hybridized carbons (Fsp3) is 1.00. The van der Waals surface area contributed by atoms with Gasteiger partial charge in [0.1, 0.15) is 0 Å². The van der Waals surface area contributed by atoms with Crippen LogP contribution in [0.1, 0.15) is 27.7 Å². The Morgan fingerprint density at radius 2 is 1.42 bits per heavy atom. The molecule has 0 N–H and O–H groups in total. The molecular formula is C8H15F3O. The lowest BCUT2D eigenvalue weighted by Gasteiger charge is -2.25. The third-order valence-electron chi connectivity index (χ3n) is 1.35. The second kappa shape index (κ2) is 4.12. The maximum Gasteiger partial charge on any atom is 0.414 e. The summed E-state index contributed by atoms with van der Waals surface area (Å²) in [4.78, 5) is 0. The van der Waals surface area contributed by atoms with Crippen molar-refractivity contribution in [1.29, 1.82) is 0 Å². The van der Waals surface area contributed by atoms with E-state index in [1.165, 1.54) is 13.8 Å². The summed E-state index contributed by atoms with van der Waals surface area (Å²) in [6, 6.07) is 0. The molecule has 0 saturated carbocycles. The summed E-state index contributed by atoms with van der Waals surface area (Å²) in [5.74, 6) is -0.535. The van der Waals surface area contributed by atoms with Gasteiger partial charge in [-0.25, -0.2) is 0 Å². The van der Waals surface area contributed by atoms with E-state index >= 15 is 0 Å². The maximum atomic E-state index is 12.2. The van der Waals surface area contributed by atoms with E-state index in [1.54, 1.807) is 13.8 Å². The van der Waals surface area contributed by atoms with Crippen LogP contribution in [0, 0.1) is 5.92 Å². The average molecular weight is 184 g/mol. The molecule has 0 aliphatic rings. The van der Waals surface area contributed by atoms with Crippen molar-refractivity contribution in [3.05, 3.63) is 0 Å². The Morgan fingerprint density at radius 1 is 1.00 bits per heavy atom. The number of rotatable bonds is 3. The van der Waals surface area contributed by atoms with E-state index in [9.17, 15) is 13.2 Å². The highest BCUT2D eigenvalue weighted by molar-refractivity contribution is 4.71. The van der Waals surface area contributed by atoms with Crippen molar-refractivity contribution in [1.82, 2.24) is 0 Å². The van der Waals surface area contributed by atoms with Crippen LogP contribution >= 0.6 is 0 Å². The standard InChI is InChI=1S/C8H15F3O/c1-5(2)7(8(9,10)11)12-6(3)4/h5-7H,1-4H3. The molecule has 0 aromatic carbocycles. The molecule has 1 unspecified atom stereocenters. The van der Waals surface area contributed by atoms with Crippen molar-refractivity contribution < 1.29 is 17.9 Å². The Hall–Kier alpha value is -0.250. The zero-order valence-corrected chi connectivity index (χ0v) is 7.77. The zero-order valence-electron chi connectivity index (χ0n) is 7.77. The highest BCUT2D eigenvalue weighted by atomic mass is 19.4. The van der Waals surface area contributed by atoms with Gasteiger partial charge in [0.15, 0.2) is 6.10 Å². The van der Waals surface area contributed by atoms with Crippen LogP contribution in [0.3, 0.4) is 0 Å². The van der Waals surface area contributed by atoms with Gasteiger partial charge in [-0.3, -0.25) is 0 Å². The average Bonchev–Trinajstić information content (AvgIpc) is 1.79. The van der Waals surface area contributed by atoms with E-state index < -0.39 is 18.2 Å². The normalized spacial score (nSPS) is 15.8. The number of hydrogen-bond donors (Lipinski definition) is 0. The van der Waals surface area contributed by atoms with Gasteiger partial charge in [-0.2, -0.15) is 13.2 Å². The van der Waals surface area contributed by atoms with Gasteiger partial charge in [0.2, 0.25) is 0 Å². The third-order valence-corrected chi connectivity index (χ3v) is 1.35. The van der Waals surface area contributed by atoms with E-state index in [-0.39, 0.29) is 6.10 Å². The molecule has 0 rings (SSSR count). The highest BCUT2D eigenvalue weighted by Crippen LogP contribution is 2.28. The summed E-state index contributed by atoms with van der Waals surface area (Å²) in [5, 5.41) is 0. The van der Waals surface area contributed by atoms with Crippen molar-refractivity contribution in [2.24, 2.45) is 5.92 Å². The molecule has 0 aliphatic carbocycles. The van der Waals surface area contributed by atoms with Crippen molar-refractivity contribution >= 4 is 0 Å². The first kappa shape index (κ1) is 11.8. The Kier molecular flexibility index (Phi) is 4.03. The van der Waals surface area contributed by atoms with E-state index in [4.69, 9.17) is 4.74 Å². The van der Waals surface area contributed by atoms with Crippen molar-refractivity contribution in [2.45, 2.75) is 46.1 Å². The largest absolute Gasteiger partial charge is 0.414 e. The minimum Gasteiger partial charge on any atom is -0.366 e. The molecule has 0 fully saturated rings. The van der Waals surface area contributed by atoms with Gasteiger partial charge in [0, 0.05) is 0 Å². The number of halogens is 3. The molecule has 0 heterocycles. The first-order valence-electron chi connectivity index (χ1n) is 3.97. The minimum absolute atomic E-state index is 0.390. The Balaban J connectivity index is 4.25. The number of hydrogen-bond acceptors (Lipinski definition) is 1. The molecule has 0 amide bonds. The number of alkyl halides is 3. The summed E-state index contributed by atoms with van der Waals surface area (Å²) in [6.45, 7) is 6.20. The second-order valence-corrected chi connectivity index (χ2v) is 3.39. The molecule has 0 aromatic heterocycles. The van der Waals surface area contributed by atoms with Gasteiger partial charge in [-0.15, -0.1) is 0 Å². The van der Waals surface area contributed by atoms with Gasteiger partial charge in [0.25, 0.3) is 0 Å². The highest BCUT2D eigenvalue weighted by Gasteiger charge is 2.42. The van der Waals surface area contributed by atoms with Gasteiger partial charge in [0.05, 0.1) is 6.10 Å². The summed E-state index contributed by atoms with van der Waals surface area (Å²) < 4.78 is 41.4. The van der Waals surface area contributed by atoms with Crippen molar-refractivity contribution in [3.63, 3.8) is 0 Å². The monoisotopic (exact) mass is 184 g/mol. The first-order chi connectivity index (χ1) is 5.25. The molecule has 1 nitrogen and oxygen atoms in total. The molecule has 74 valence electrons. The van der Waals surface area contributed by atoms with Gasteiger partial charge in [-0.1, -0.05) is 13.8 Å². The Labute approximate surface area is 70.9 Å². The lowest BCUT2D eigenvalue weighted by atomic mass is 10.1. The number of ether oxygens (including phenoxy) is 1. The van der Waals surface area contributed by atoms with E-state index in [1.807, 2.05) is 0 Å². The van der Waals surface area contributed by atoms with Gasteiger partial charge >= 0.3 is 6.18 Å². The van der Waals surface area contributed by atoms with Crippen molar-refractivity contribution in [2.75, 3.05) is 0 Å². The lowest BCUT2D eigenvalue weighted by molar-refractivity contribution is -0.242. The van der Waals surface area contributed by atoms with Crippen LogP contribution in [-0.2, 0) is 4.74 Å². The minimum atomic E-state index is -4.25. The van der Waals surface area contributed by atoms with Gasteiger partial charge in [-0.05, 0) is 19.8 Å². The van der Waals surface area contributed by atoms with Gasteiger partial charge < -0.3 is 4.74 Å². The molecule has 0 radical (unpaired) electrons. The van der Waals surface area contributed by atoms with E-state index in [0.717, 1.165) is 0 Å². The molecule has 12 heavy (non-hydrogen) atoms. The van der Waals surface area contributed by atoms with Crippen LogP contribution in [0.5, 0.6) is 0 Å². The summed E-state index contributed by atoms with van der Waals surface area (Å²) in [7, 11) is 0. The van der Waals surface area contributed by atoms with Crippen molar-refractivity contribution in [3.8, 4) is 0 Å². The molecule has 0 bridgehead atoms. The third kappa shape index (κ3) is 3.95. The van der Waals surface area contributed by atoms with E-state index in [2.05, 4.69) is 0 Å². The Bertz CT molecular complexity index is 129. The summed E-state index contributed by atoms with van der Waals surface area (Å²) >= 11 is 0. The molecule has 0 aliphatic heterocycles. The summed E-state index contributed by atoms with van der Waals surface area (Å²) in [5.41, 5.74) is 0. The second-order valence-electron chi connectivity index (χ2n) is 3.39. The predicted octanol–water partition coefficient (Wildman–Crippen LogP) is 3.00. The quantitative estimate of drug-likeness (QED) is 0.655. The summed E-state index contributed by atoms with van der Waals surface area (Å²) in [6.07, 6.45) is -6.28. The van der Waals surface area contributed by atoms with E-state index in [0.29, 0.717) is 0 Å². The molecule has 1 atom stereocenters. The van der Waals surface area contributed by atoms with Crippen LogP contribution in [0.15, 0.2) is 0 Å². The fourth-order valence-corrected chi connectivity index (χ4v) is 0.905. The predicted molar refractivity (Wildman–Crippen MR) is 40.9 cm³/mol. The zero-order chi connectivity index (χ0) is 9.94. The lowest BCUT2D eigenvalue weighted by Crippen LogP contribution is -2.38. The molecular weight excluding hydrogens is 169 g/mol. The van der Waals surface area contributed by atoms with Crippen LogP contribution in [-0.4, -0.2) is 18.4 Å². The maximum absolute atomic E-state index is 12.2. The first-order valence-corrected chi connectivity index (χ1v) is 3.97. The van der Waals surface area contributed by atoms with Crippen LogP contribution in [0.2, 0.25) is 0 Å². The molecule has 0 aromatic rings. The van der Waals surface area contributed by atoms with Crippen LogP contribution in [0.4, 0.5) is 13.2 Å². The Morgan fingerprint density at radius 3 is 1.50 bits per heavy atom.